The van der Waals surface area contributed by atoms with Crippen molar-refractivity contribution >= 4 is 29.2 Å². The van der Waals surface area contributed by atoms with Gasteiger partial charge in [0, 0.05) is 21.8 Å². The predicted molar refractivity (Wildman–Crippen MR) is 124 cm³/mol. The van der Waals surface area contributed by atoms with Gasteiger partial charge >= 0.3 is 0 Å². The van der Waals surface area contributed by atoms with E-state index in [2.05, 4.69) is 42.1 Å². The van der Waals surface area contributed by atoms with Crippen LogP contribution in [0.4, 0.5) is 11.4 Å². The van der Waals surface area contributed by atoms with E-state index in [0.29, 0.717) is 41.7 Å². The largest absolute Gasteiger partial charge is 0.493 e. The number of hydrogen-bond acceptors (Lipinski definition) is 6. The standard InChI is InChI=1S/C24H24N2O4S/c1-15-7-8-20(11-16(15)2)31-26-19-6-4-5-18(14-19)25-24(27)17-12-21(28-3)23-22(13-17)29-9-10-30-23/h4-8,11-14,26H,9-10H2,1-3H3,(H,25,27). The number of anilines is 2. The fraction of sp³-hybridized carbons (Fsp3) is 0.208. The number of nitrogens with one attached hydrogen (secondary N) is 2. The second kappa shape index (κ2) is 9.22. The SMILES string of the molecule is COc1cc(C(=O)Nc2cccc(NSc3ccc(C)c(C)c3)c2)cc2c1OCCO2. The Bertz CT molecular complexity index is 1100. The molecular formula is C24H24N2O4S. The van der Waals surface area contributed by atoms with Crippen molar-refractivity contribution in [3.05, 3.63) is 71.3 Å². The first-order chi connectivity index (χ1) is 15.0. The first kappa shape index (κ1) is 20.9. The molecule has 0 spiro atoms. The van der Waals surface area contributed by atoms with Gasteiger partial charge in [-0.2, -0.15) is 0 Å². The third-order valence-corrected chi connectivity index (χ3v) is 5.80. The van der Waals surface area contributed by atoms with Crippen LogP contribution in [0.2, 0.25) is 0 Å². The lowest BCUT2D eigenvalue weighted by molar-refractivity contribution is 0.102. The normalized spacial score (nSPS) is 12.2. The van der Waals surface area contributed by atoms with Gasteiger partial charge in [0.15, 0.2) is 11.5 Å². The van der Waals surface area contributed by atoms with Crippen LogP contribution in [0.5, 0.6) is 17.2 Å². The van der Waals surface area contributed by atoms with Crippen molar-refractivity contribution in [2.24, 2.45) is 0 Å². The molecule has 1 aliphatic heterocycles. The second-order valence-corrected chi connectivity index (χ2v) is 8.07. The Balaban J connectivity index is 1.46. The van der Waals surface area contributed by atoms with Gasteiger partial charge in [0.05, 0.1) is 7.11 Å². The number of carbonyl (C=O) groups excluding carboxylic acids is 1. The van der Waals surface area contributed by atoms with Crippen molar-refractivity contribution in [1.82, 2.24) is 0 Å². The Morgan fingerprint density at radius 2 is 1.77 bits per heavy atom. The Morgan fingerprint density at radius 3 is 2.58 bits per heavy atom. The smallest absolute Gasteiger partial charge is 0.255 e. The summed E-state index contributed by atoms with van der Waals surface area (Å²) in [4.78, 5) is 14.0. The van der Waals surface area contributed by atoms with E-state index in [1.54, 1.807) is 12.1 Å². The van der Waals surface area contributed by atoms with E-state index in [4.69, 9.17) is 14.2 Å². The molecule has 0 aromatic heterocycles. The lowest BCUT2D eigenvalue weighted by Gasteiger charge is -2.21. The molecule has 6 nitrogen and oxygen atoms in total. The third-order valence-electron chi connectivity index (χ3n) is 4.98. The molecule has 4 rings (SSSR count). The molecule has 0 aliphatic carbocycles. The highest BCUT2D eigenvalue weighted by Gasteiger charge is 2.21. The van der Waals surface area contributed by atoms with Gasteiger partial charge in [-0.3, -0.25) is 4.79 Å². The van der Waals surface area contributed by atoms with Gasteiger partial charge in [-0.1, -0.05) is 12.1 Å². The minimum absolute atomic E-state index is 0.255. The number of methoxy groups -OCH3 is 1. The van der Waals surface area contributed by atoms with Crippen molar-refractivity contribution in [3.63, 3.8) is 0 Å². The van der Waals surface area contributed by atoms with Crippen molar-refractivity contribution in [2.75, 3.05) is 30.4 Å². The van der Waals surface area contributed by atoms with Crippen molar-refractivity contribution in [2.45, 2.75) is 18.7 Å². The summed E-state index contributed by atoms with van der Waals surface area (Å²) in [5.74, 6) is 1.26. The topological polar surface area (TPSA) is 68.8 Å². The van der Waals surface area contributed by atoms with E-state index in [1.165, 1.54) is 30.2 Å². The minimum atomic E-state index is -0.255. The molecule has 31 heavy (non-hydrogen) atoms. The average Bonchev–Trinajstić information content (AvgIpc) is 2.79. The maximum Gasteiger partial charge on any atom is 0.255 e. The van der Waals surface area contributed by atoms with Gasteiger partial charge in [0.1, 0.15) is 13.2 Å². The summed E-state index contributed by atoms with van der Waals surface area (Å²) >= 11 is 1.53. The number of fused-ring (bicyclic) bond motifs is 1. The van der Waals surface area contributed by atoms with E-state index < -0.39 is 0 Å². The first-order valence-corrected chi connectivity index (χ1v) is 10.7. The highest BCUT2D eigenvalue weighted by Crippen LogP contribution is 2.40. The quantitative estimate of drug-likeness (QED) is 0.501. The lowest BCUT2D eigenvalue weighted by atomic mass is 10.1. The van der Waals surface area contributed by atoms with Crippen LogP contribution in [0.15, 0.2) is 59.5 Å². The number of ether oxygens (including phenoxy) is 3. The summed E-state index contributed by atoms with van der Waals surface area (Å²) in [6.07, 6.45) is 0. The van der Waals surface area contributed by atoms with Gasteiger partial charge in [0.2, 0.25) is 5.75 Å². The molecule has 1 aliphatic rings. The highest BCUT2D eigenvalue weighted by atomic mass is 32.2. The van der Waals surface area contributed by atoms with E-state index in [0.717, 1.165) is 10.6 Å². The summed E-state index contributed by atoms with van der Waals surface area (Å²) in [5, 5.41) is 2.93. The van der Waals surface area contributed by atoms with Crippen LogP contribution in [0.1, 0.15) is 21.5 Å². The fourth-order valence-corrected chi connectivity index (χ4v) is 3.90. The van der Waals surface area contributed by atoms with Crippen LogP contribution in [-0.4, -0.2) is 26.2 Å². The van der Waals surface area contributed by atoms with Gasteiger partial charge in [-0.15, -0.1) is 0 Å². The highest BCUT2D eigenvalue weighted by molar-refractivity contribution is 8.00. The summed E-state index contributed by atoms with van der Waals surface area (Å²) in [5.41, 5.74) is 4.53. The molecule has 1 heterocycles. The van der Waals surface area contributed by atoms with E-state index >= 15 is 0 Å². The molecule has 7 heteroatoms. The van der Waals surface area contributed by atoms with E-state index in [-0.39, 0.29) is 5.91 Å². The maximum atomic E-state index is 12.8. The molecule has 2 N–H and O–H groups in total. The molecule has 0 bridgehead atoms. The first-order valence-electron chi connectivity index (χ1n) is 9.92. The Kier molecular flexibility index (Phi) is 6.23. The van der Waals surface area contributed by atoms with Crippen LogP contribution in [0.25, 0.3) is 0 Å². The Morgan fingerprint density at radius 1 is 0.968 bits per heavy atom. The summed E-state index contributed by atoms with van der Waals surface area (Å²) in [6, 6.07) is 17.2. The predicted octanol–water partition coefficient (Wildman–Crippen LogP) is 5.45. The average molecular weight is 437 g/mol. The van der Waals surface area contributed by atoms with Crippen molar-refractivity contribution in [3.8, 4) is 17.2 Å². The molecular weight excluding hydrogens is 412 g/mol. The second-order valence-electron chi connectivity index (χ2n) is 7.19. The van der Waals surface area contributed by atoms with Gasteiger partial charge in [0.25, 0.3) is 5.91 Å². The zero-order chi connectivity index (χ0) is 21.8. The van der Waals surface area contributed by atoms with Crippen LogP contribution in [-0.2, 0) is 0 Å². The molecule has 0 saturated heterocycles. The molecule has 3 aromatic rings. The summed E-state index contributed by atoms with van der Waals surface area (Å²) < 4.78 is 19.9. The molecule has 1 amide bonds. The van der Waals surface area contributed by atoms with E-state index in [9.17, 15) is 4.79 Å². The molecule has 0 saturated carbocycles. The summed E-state index contributed by atoms with van der Waals surface area (Å²) in [7, 11) is 1.54. The molecule has 0 radical (unpaired) electrons. The number of hydrogen-bond donors (Lipinski definition) is 2. The molecule has 0 unspecified atom stereocenters. The number of benzene rings is 3. The zero-order valence-corrected chi connectivity index (χ0v) is 18.5. The monoisotopic (exact) mass is 436 g/mol. The maximum absolute atomic E-state index is 12.8. The number of carbonyl (C=O) groups is 1. The van der Waals surface area contributed by atoms with Crippen LogP contribution in [0.3, 0.4) is 0 Å². The number of rotatable bonds is 6. The minimum Gasteiger partial charge on any atom is -0.493 e. The van der Waals surface area contributed by atoms with Gasteiger partial charge < -0.3 is 24.2 Å². The molecule has 0 atom stereocenters. The number of amides is 1. The number of aryl methyl sites for hydroxylation is 2. The Hall–Kier alpha value is -3.32. The van der Waals surface area contributed by atoms with Crippen LogP contribution in [0, 0.1) is 13.8 Å². The summed E-state index contributed by atoms with van der Waals surface area (Å²) in [6.45, 7) is 5.09. The van der Waals surface area contributed by atoms with Crippen molar-refractivity contribution < 1.29 is 19.0 Å². The van der Waals surface area contributed by atoms with Crippen LogP contribution < -0.4 is 24.2 Å². The van der Waals surface area contributed by atoms with Crippen LogP contribution >= 0.6 is 11.9 Å². The molecule has 0 fully saturated rings. The zero-order valence-electron chi connectivity index (χ0n) is 17.7. The fourth-order valence-electron chi connectivity index (χ4n) is 3.16. The van der Waals surface area contributed by atoms with Crippen molar-refractivity contribution in [1.29, 1.82) is 0 Å². The molecule has 3 aromatic carbocycles. The van der Waals surface area contributed by atoms with Gasteiger partial charge in [-0.25, -0.2) is 0 Å². The van der Waals surface area contributed by atoms with Gasteiger partial charge in [-0.05, 0) is 79.4 Å². The lowest BCUT2D eigenvalue weighted by Crippen LogP contribution is -2.18. The molecule has 160 valence electrons. The third kappa shape index (κ3) is 4.88. The van der Waals surface area contributed by atoms with E-state index in [1.807, 2.05) is 24.3 Å². The Labute approximate surface area is 186 Å².